The first-order valence-corrected chi connectivity index (χ1v) is 7.38. The van der Waals surface area contributed by atoms with Gasteiger partial charge in [-0.2, -0.15) is 0 Å². The Morgan fingerprint density at radius 1 is 1.00 bits per heavy atom. The molecule has 2 N–H and O–H groups in total. The molecule has 0 heterocycles. The summed E-state index contributed by atoms with van der Waals surface area (Å²) in [6.45, 7) is 1.52. The van der Waals surface area contributed by atoms with Crippen LogP contribution in [0.3, 0.4) is 0 Å². The van der Waals surface area contributed by atoms with Crippen LogP contribution in [0.5, 0.6) is 5.75 Å². The van der Waals surface area contributed by atoms with Crippen molar-refractivity contribution in [3.63, 3.8) is 0 Å². The van der Waals surface area contributed by atoms with Gasteiger partial charge in [-0.1, -0.05) is 48.5 Å². The monoisotopic (exact) mass is 300 g/mol. The van der Waals surface area contributed by atoms with Crippen LogP contribution >= 0.6 is 12.2 Å². The number of thiocarbonyl (C=S) groups is 1. The van der Waals surface area contributed by atoms with Crippen LogP contribution in [-0.2, 0) is 13.0 Å². The summed E-state index contributed by atoms with van der Waals surface area (Å²) in [5, 5.41) is 7.10. The van der Waals surface area contributed by atoms with Crippen molar-refractivity contribution in [3.05, 3.63) is 65.7 Å². The van der Waals surface area contributed by atoms with E-state index in [0.29, 0.717) is 5.11 Å². The van der Waals surface area contributed by atoms with Crippen LogP contribution in [-0.4, -0.2) is 18.8 Å². The van der Waals surface area contributed by atoms with E-state index in [-0.39, 0.29) is 0 Å². The van der Waals surface area contributed by atoms with Crippen LogP contribution in [0.1, 0.15) is 11.1 Å². The zero-order chi connectivity index (χ0) is 14.9. The van der Waals surface area contributed by atoms with Gasteiger partial charge in [0.25, 0.3) is 0 Å². The van der Waals surface area contributed by atoms with Gasteiger partial charge < -0.3 is 15.4 Å². The van der Waals surface area contributed by atoms with Crippen LogP contribution < -0.4 is 15.4 Å². The topological polar surface area (TPSA) is 33.3 Å². The second-order valence-electron chi connectivity index (χ2n) is 4.66. The van der Waals surface area contributed by atoms with Gasteiger partial charge in [-0.25, -0.2) is 0 Å². The minimum Gasteiger partial charge on any atom is -0.496 e. The molecule has 0 atom stereocenters. The van der Waals surface area contributed by atoms with Crippen LogP contribution in [0.25, 0.3) is 0 Å². The molecule has 0 radical (unpaired) electrons. The van der Waals surface area contributed by atoms with Crippen molar-refractivity contribution >= 4 is 17.3 Å². The Morgan fingerprint density at radius 2 is 1.71 bits per heavy atom. The highest BCUT2D eigenvalue weighted by atomic mass is 32.1. The number of para-hydroxylation sites is 1. The highest BCUT2D eigenvalue weighted by Gasteiger charge is 2.02. The molecule has 0 unspecified atom stereocenters. The second-order valence-corrected chi connectivity index (χ2v) is 5.07. The van der Waals surface area contributed by atoms with Crippen molar-refractivity contribution in [2.24, 2.45) is 0 Å². The van der Waals surface area contributed by atoms with E-state index in [4.69, 9.17) is 17.0 Å². The Balaban J connectivity index is 1.72. The van der Waals surface area contributed by atoms with Crippen molar-refractivity contribution in [1.82, 2.24) is 10.6 Å². The minimum absolute atomic E-state index is 0.675. The zero-order valence-electron chi connectivity index (χ0n) is 12.1. The predicted molar refractivity (Wildman–Crippen MR) is 90.6 cm³/mol. The molecule has 3 nitrogen and oxygen atoms in total. The SMILES string of the molecule is COc1ccccc1CCNC(=S)NCc1ccccc1. The van der Waals surface area contributed by atoms with E-state index in [0.717, 1.165) is 25.3 Å². The van der Waals surface area contributed by atoms with Crippen molar-refractivity contribution < 1.29 is 4.74 Å². The lowest BCUT2D eigenvalue weighted by atomic mass is 10.1. The second kappa shape index (κ2) is 8.27. The number of rotatable bonds is 6. The first-order chi connectivity index (χ1) is 10.3. The first kappa shape index (κ1) is 15.3. The van der Waals surface area contributed by atoms with Crippen LogP contribution in [0.4, 0.5) is 0 Å². The number of hydrogen-bond donors (Lipinski definition) is 2. The molecule has 0 saturated heterocycles. The third-order valence-electron chi connectivity index (χ3n) is 3.17. The van der Waals surface area contributed by atoms with Crippen molar-refractivity contribution in [1.29, 1.82) is 0 Å². The van der Waals surface area contributed by atoms with Gasteiger partial charge in [0, 0.05) is 13.1 Å². The lowest BCUT2D eigenvalue weighted by molar-refractivity contribution is 0.409. The van der Waals surface area contributed by atoms with Gasteiger partial charge in [-0.15, -0.1) is 0 Å². The third-order valence-corrected chi connectivity index (χ3v) is 3.46. The molecule has 2 aromatic rings. The summed E-state index contributed by atoms with van der Waals surface area (Å²) < 4.78 is 5.33. The maximum absolute atomic E-state index is 5.33. The largest absolute Gasteiger partial charge is 0.496 e. The van der Waals surface area contributed by atoms with Gasteiger partial charge in [0.2, 0.25) is 0 Å². The van der Waals surface area contributed by atoms with E-state index in [2.05, 4.69) is 28.8 Å². The van der Waals surface area contributed by atoms with Gasteiger partial charge in [0.1, 0.15) is 5.75 Å². The summed E-state index contributed by atoms with van der Waals surface area (Å²) in [7, 11) is 1.69. The lowest BCUT2D eigenvalue weighted by Crippen LogP contribution is -2.35. The third kappa shape index (κ3) is 5.08. The van der Waals surface area contributed by atoms with Crippen molar-refractivity contribution in [2.45, 2.75) is 13.0 Å². The van der Waals surface area contributed by atoms with Gasteiger partial charge in [-0.05, 0) is 35.8 Å². The molecule has 0 aliphatic heterocycles. The molecule has 0 amide bonds. The average Bonchev–Trinajstić information content (AvgIpc) is 2.54. The summed E-state index contributed by atoms with van der Waals surface area (Å²) in [6, 6.07) is 18.2. The number of methoxy groups -OCH3 is 1. The summed E-state index contributed by atoms with van der Waals surface area (Å²) in [4.78, 5) is 0. The Hall–Kier alpha value is -2.07. The maximum Gasteiger partial charge on any atom is 0.166 e. The summed E-state index contributed by atoms with van der Waals surface area (Å²) in [5.74, 6) is 0.919. The van der Waals surface area contributed by atoms with E-state index < -0.39 is 0 Å². The highest BCUT2D eigenvalue weighted by Crippen LogP contribution is 2.17. The van der Waals surface area contributed by atoms with Gasteiger partial charge >= 0.3 is 0 Å². The number of nitrogens with one attached hydrogen (secondary N) is 2. The van der Waals surface area contributed by atoms with E-state index in [9.17, 15) is 0 Å². The molecule has 0 spiro atoms. The smallest absolute Gasteiger partial charge is 0.166 e. The Morgan fingerprint density at radius 3 is 2.48 bits per heavy atom. The maximum atomic E-state index is 5.33. The first-order valence-electron chi connectivity index (χ1n) is 6.97. The fraction of sp³-hybridized carbons (Fsp3) is 0.235. The zero-order valence-corrected chi connectivity index (χ0v) is 13.0. The molecule has 0 fully saturated rings. The Bertz CT molecular complexity index is 572. The molecule has 2 rings (SSSR count). The van der Waals surface area contributed by atoms with E-state index in [1.54, 1.807) is 7.11 Å². The van der Waals surface area contributed by atoms with E-state index >= 15 is 0 Å². The van der Waals surface area contributed by atoms with Gasteiger partial charge in [-0.3, -0.25) is 0 Å². The molecular formula is C17H20N2OS. The molecule has 0 aliphatic rings. The highest BCUT2D eigenvalue weighted by molar-refractivity contribution is 7.80. The normalized spacial score (nSPS) is 9.95. The van der Waals surface area contributed by atoms with Gasteiger partial charge in [0.15, 0.2) is 5.11 Å². The molecule has 0 saturated carbocycles. The fourth-order valence-electron chi connectivity index (χ4n) is 2.06. The quantitative estimate of drug-likeness (QED) is 0.804. The summed E-state index contributed by atoms with van der Waals surface area (Å²) >= 11 is 5.28. The summed E-state index contributed by atoms with van der Waals surface area (Å²) in [6.07, 6.45) is 0.872. The Kier molecular flexibility index (Phi) is 6.03. The number of ether oxygens (including phenoxy) is 1. The predicted octanol–water partition coefficient (Wildman–Crippen LogP) is 2.90. The average molecular weight is 300 g/mol. The molecular weight excluding hydrogens is 280 g/mol. The van der Waals surface area contributed by atoms with E-state index in [1.165, 1.54) is 11.1 Å². The summed E-state index contributed by atoms with van der Waals surface area (Å²) in [5.41, 5.74) is 2.39. The minimum atomic E-state index is 0.675. The van der Waals surface area contributed by atoms with Crippen LogP contribution in [0.15, 0.2) is 54.6 Å². The standard InChI is InChI=1S/C17H20N2OS/c1-20-16-10-6-5-9-15(16)11-12-18-17(21)19-13-14-7-3-2-4-8-14/h2-10H,11-13H2,1H3,(H2,18,19,21). The molecule has 21 heavy (non-hydrogen) atoms. The van der Waals surface area contributed by atoms with Gasteiger partial charge in [0.05, 0.1) is 7.11 Å². The van der Waals surface area contributed by atoms with Crippen molar-refractivity contribution in [2.75, 3.05) is 13.7 Å². The molecule has 0 aliphatic carbocycles. The molecule has 0 aromatic heterocycles. The van der Waals surface area contributed by atoms with Crippen LogP contribution in [0, 0.1) is 0 Å². The van der Waals surface area contributed by atoms with E-state index in [1.807, 2.05) is 36.4 Å². The molecule has 110 valence electrons. The lowest BCUT2D eigenvalue weighted by Gasteiger charge is -2.12. The molecule has 2 aromatic carbocycles. The number of hydrogen-bond acceptors (Lipinski definition) is 2. The van der Waals surface area contributed by atoms with Crippen LogP contribution in [0.2, 0.25) is 0 Å². The number of benzene rings is 2. The fourth-order valence-corrected chi connectivity index (χ4v) is 2.24. The Labute approximate surface area is 131 Å². The molecule has 0 bridgehead atoms. The van der Waals surface area contributed by atoms with Crippen molar-refractivity contribution in [3.8, 4) is 5.75 Å². The molecule has 4 heteroatoms.